The predicted octanol–water partition coefficient (Wildman–Crippen LogP) is 9.43. The van der Waals surface area contributed by atoms with E-state index in [4.69, 9.17) is 9.47 Å². The molecule has 0 aliphatic heterocycles. The number of ether oxygens (including phenoxy) is 2. The predicted molar refractivity (Wildman–Crippen MR) is 154 cm³/mol. The molecule has 0 radical (unpaired) electrons. The van der Waals surface area contributed by atoms with E-state index in [0.717, 1.165) is 38.3 Å². The lowest BCUT2D eigenvalue weighted by molar-refractivity contribution is 0.0197. The van der Waals surface area contributed by atoms with Crippen LogP contribution >= 0.6 is 0 Å². The molecule has 0 bridgehead atoms. The molecule has 1 aliphatic rings. The average Bonchev–Trinajstić information content (AvgIpc) is 3.60. The van der Waals surface area contributed by atoms with Gasteiger partial charge >= 0.3 is 0 Å². The maximum atomic E-state index is 6.00. The van der Waals surface area contributed by atoms with Crippen molar-refractivity contribution in [1.29, 1.82) is 0 Å². The standard InChI is InChI=1S/C32H65NO2/c1-5-7-9-11-15-19-23-30-27-31(30)24-20-16-13-14-18-22-26-35-29-32(33(3)4)28-34-25-21-17-12-10-8-6-2/h30-32H,5-29H2,1-4H3/t30?,31-,32?/m1/s1. The molecule has 0 aromatic carbocycles. The van der Waals surface area contributed by atoms with Gasteiger partial charge in [0.2, 0.25) is 0 Å². The van der Waals surface area contributed by atoms with E-state index in [-0.39, 0.29) is 0 Å². The zero-order valence-electron chi connectivity index (χ0n) is 24.7. The van der Waals surface area contributed by atoms with Crippen molar-refractivity contribution in [1.82, 2.24) is 4.90 Å². The van der Waals surface area contributed by atoms with E-state index in [0.29, 0.717) is 6.04 Å². The van der Waals surface area contributed by atoms with Crippen LogP contribution in [0.25, 0.3) is 0 Å². The Morgan fingerprint density at radius 2 is 0.914 bits per heavy atom. The van der Waals surface area contributed by atoms with Crippen LogP contribution in [0.5, 0.6) is 0 Å². The molecular formula is C32H65NO2. The van der Waals surface area contributed by atoms with E-state index in [1.54, 1.807) is 6.42 Å². The van der Waals surface area contributed by atoms with E-state index in [1.807, 2.05) is 0 Å². The highest BCUT2D eigenvalue weighted by Gasteiger charge is 2.34. The summed E-state index contributed by atoms with van der Waals surface area (Å²) < 4.78 is 11.9. The van der Waals surface area contributed by atoms with Crippen LogP contribution in [-0.2, 0) is 9.47 Å². The van der Waals surface area contributed by atoms with Crippen molar-refractivity contribution in [2.75, 3.05) is 40.5 Å². The van der Waals surface area contributed by atoms with Gasteiger partial charge in [0.15, 0.2) is 0 Å². The van der Waals surface area contributed by atoms with Crippen LogP contribution in [0.15, 0.2) is 0 Å². The number of unbranched alkanes of at least 4 members (excludes halogenated alkanes) is 15. The molecule has 0 spiro atoms. The molecule has 0 N–H and O–H groups in total. The Labute approximate surface area is 221 Å². The first-order valence-corrected chi connectivity index (χ1v) is 16.0. The van der Waals surface area contributed by atoms with E-state index in [2.05, 4.69) is 32.8 Å². The molecule has 0 heterocycles. The highest BCUT2D eigenvalue weighted by atomic mass is 16.5. The largest absolute Gasteiger partial charge is 0.380 e. The van der Waals surface area contributed by atoms with E-state index < -0.39 is 0 Å². The summed E-state index contributed by atoms with van der Waals surface area (Å²) in [5, 5.41) is 0. The molecule has 1 aliphatic carbocycles. The molecule has 3 nitrogen and oxygen atoms in total. The Morgan fingerprint density at radius 1 is 0.543 bits per heavy atom. The van der Waals surface area contributed by atoms with Crippen LogP contribution in [-0.4, -0.2) is 51.5 Å². The summed E-state index contributed by atoms with van der Waals surface area (Å²) >= 11 is 0. The molecule has 210 valence electrons. The molecule has 1 saturated carbocycles. The third kappa shape index (κ3) is 20.6. The molecule has 3 atom stereocenters. The molecular weight excluding hydrogens is 430 g/mol. The molecule has 0 saturated heterocycles. The number of nitrogens with zero attached hydrogens (tertiary/aromatic N) is 1. The third-order valence-corrected chi connectivity index (χ3v) is 8.10. The first-order valence-electron chi connectivity index (χ1n) is 16.0. The smallest absolute Gasteiger partial charge is 0.0644 e. The minimum absolute atomic E-state index is 0.377. The summed E-state index contributed by atoms with van der Waals surface area (Å²) in [4.78, 5) is 2.25. The summed E-state index contributed by atoms with van der Waals surface area (Å²) in [6.45, 7) is 7.98. The van der Waals surface area contributed by atoms with Crippen LogP contribution < -0.4 is 0 Å². The fraction of sp³-hybridized carbons (Fsp3) is 1.00. The topological polar surface area (TPSA) is 21.7 Å². The number of hydrogen-bond acceptors (Lipinski definition) is 3. The summed E-state index contributed by atoms with van der Waals surface area (Å²) in [6, 6.07) is 0.377. The van der Waals surface area contributed by atoms with Crippen molar-refractivity contribution in [3.63, 3.8) is 0 Å². The number of likely N-dealkylation sites (N-methyl/N-ethyl adjacent to an activating group) is 1. The summed E-state index contributed by atoms with van der Waals surface area (Å²) in [7, 11) is 4.28. The first-order chi connectivity index (χ1) is 17.2. The van der Waals surface area contributed by atoms with Gasteiger partial charge in [-0.1, -0.05) is 129 Å². The average molecular weight is 496 g/mol. The van der Waals surface area contributed by atoms with Gasteiger partial charge in [-0.25, -0.2) is 0 Å². The lowest BCUT2D eigenvalue weighted by atomic mass is 10.0. The van der Waals surface area contributed by atoms with Gasteiger partial charge in [-0.15, -0.1) is 0 Å². The van der Waals surface area contributed by atoms with Crippen LogP contribution in [0.1, 0.15) is 149 Å². The van der Waals surface area contributed by atoms with E-state index in [9.17, 15) is 0 Å². The van der Waals surface area contributed by atoms with Crippen molar-refractivity contribution in [3.8, 4) is 0 Å². The van der Waals surface area contributed by atoms with Crippen molar-refractivity contribution < 1.29 is 9.47 Å². The highest BCUT2D eigenvalue weighted by molar-refractivity contribution is 4.85. The zero-order chi connectivity index (χ0) is 25.4. The SMILES string of the molecule is CCCCCCCCOCC(COCCCCCCCC[C@@H]1CC1CCCCCCCC)N(C)C. The quantitative estimate of drug-likeness (QED) is 0.101. The number of hydrogen-bond donors (Lipinski definition) is 0. The minimum Gasteiger partial charge on any atom is -0.380 e. The lowest BCUT2D eigenvalue weighted by Gasteiger charge is -2.24. The fourth-order valence-corrected chi connectivity index (χ4v) is 5.29. The maximum absolute atomic E-state index is 6.00. The van der Waals surface area contributed by atoms with Crippen LogP contribution in [0.4, 0.5) is 0 Å². The highest BCUT2D eigenvalue weighted by Crippen LogP contribution is 2.45. The van der Waals surface area contributed by atoms with Crippen molar-refractivity contribution >= 4 is 0 Å². The Hall–Kier alpha value is -0.120. The van der Waals surface area contributed by atoms with Gasteiger partial charge in [0.05, 0.1) is 19.3 Å². The van der Waals surface area contributed by atoms with Crippen molar-refractivity contribution in [3.05, 3.63) is 0 Å². The molecule has 1 fully saturated rings. The Balaban J connectivity index is 1.82. The number of rotatable bonds is 28. The van der Waals surface area contributed by atoms with Crippen molar-refractivity contribution in [2.24, 2.45) is 11.8 Å². The second-order valence-corrected chi connectivity index (χ2v) is 11.8. The van der Waals surface area contributed by atoms with Gasteiger partial charge in [0, 0.05) is 13.2 Å². The van der Waals surface area contributed by atoms with E-state index >= 15 is 0 Å². The van der Waals surface area contributed by atoms with Crippen LogP contribution in [0.3, 0.4) is 0 Å². The summed E-state index contributed by atoms with van der Waals surface area (Å²) in [5.41, 5.74) is 0. The third-order valence-electron chi connectivity index (χ3n) is 8.10. The van der Waals surface area contributed by atoms with Crippen molar-refractivity contribution in [2.45, 2.75) is 155 Å². The maximum Gasteiger partial charge on any atom is 0.0644 e. The second kappa shape index (κ2) is 24.2. The minimum atomic E-state index is 0.377. The normalized spacial score (nSPS) is 18.4. The molecule has 35 heavy (non-hydrogen) atoms. The van der Waals surface area contributed by atoms with Gasteiger partial charge in [-0.05, 0) is 45.2 Å². The fourth-order valence-electron chi connectivity index (χ4n) is 5.29. The van der Waals surface area contributed by atoms with Crippen LogP contribution in [0, 0.1) is 11.8 Å². The van der Waals surface area contributed by atoms with Crippen LogP contribution in [0.2, 0.25) is 0 Å². The summed E-state index contributed by atoms with van der Waals surface area (Å²) in [5.74, 6) is 2.20. The second-order valence-electron chi connectivity index (χ2n) is 11.8. The monoisotopic (exact) mass is 496 g/mol. The van der Waals surface area contributed by atoms with E-state index in [1.165, 1.54) is 128 Å². The molecule has 3 heteroatoms. The molecule has 2 unspecified atom stereocenters. The molecule has 0 aromatic heterocycles. The van der Waals surface area contributed by atoms with Gasteiger partial charge in [-0.3, -0.25) is 0 Å². The van der Waals surface area contributed by atoms with Gasteiger partial charge < -0.3 is 14.4 Å². The molecule has 1 rings (SSSR count). The van der Waals surface area contributed by atoms with Gasteiger partial charge in [0.1, 0.15) is 0 Å². The Morgan fingerprint density at radius 3 is 1.31 bits per heavy atom. The first kappa shape index (κ1) is 32.9. The van der Waals surface area contributed by atoms with Gasteiger partial charge in [0.25, 0.3) is 0 Å². The van der Waals surface area contributed by atoms with Gasteiger partial charge in [-0.2, -0.15) is 0 Å². The molecule has 0 amide bonds. The summed E-state index contributed by atoms with van der Waals surface area (Å²) in [6.07, 6.45) is 29.5. The Kier molecular flexibility index (Phi) is 22.8. The molecule has 0 aromatic rings. The zero-order valence-corrected chi connectivity index (χ0v) is 24.7. The lowest BCUT2D eigenvalue weighted by Crippen LogP contribution is -2.37. The Bertz CT molecular complexity index is 428.